The van der Waals surface area contributed by atoms with E-state index >= 15 is 0 Å². The highest BCUT2D eigenvalue weighted by molar-refractivity contribution is 7.98. The van der Waals surface area contributed by atoms with E-state index in [4.69, 9.17) is 4.74 Å². The Kier molecular flexibility index (Phi) is 6.32. The molecule has 0 unspecified atom stereocenters. The third kappa shape index (κ3) is 5.02. The van der Waals surface area contributed by atoms with Crippen molar-refractivity contribution in [2.24, 2.45) is 0 Å². The monoisotopic (exact) mass is 372 g/mol. The third-order valence-corrected chi connectivity index (χ3v) is 4.29. The molecule has 2 rings (SSSR count). The average Bonchev–Trinajstić information content (AvgIpc) is 2.60. The van der Waals surface area contributed by atoms with Crippen LogP contribution in [0.4, 0.5) is 5.69 Å². The minimum atomic E-state index is -0.370. The summed E-state index contributed by atoms with van der Waals surface area (Å²) in [5.41, 5.74) is 0.910. The molecule has 0 atom stereocenters. The van der Waals surface area contributed by atoms with Crippen LogP contribution in [-0.2, 0) is 0 Å². The van der Waals surface area contributed by atoms with Crippen molar-refractivity contribution in [3.63, 3.8) is 0 Å². The number of hydrogen-bond donors (Lipinski definition) is 2. The molecule has 0 aliphatic carbocycles. The summed E-state index contributed by atoms with van der Waals surface area (Å²) in [5.74, 6) is -0.0745. The van der Waals surface area contributed by atoms with Crippen LogP contribution in [0.3, 0.4) is 0 Å². The Labute approximate surface area is 158 Å². The first-order valence-corrected chi connectivity index (χ1v) is 9.42. The summed E-state index contributed by atoms with van der Waals surface area (Å²) in [6.45, 7) is 5.72. The highest BCUT2D eigenvalue weighted by Gasteiger charge is 2.20. The molecule has 0 aliphatic heterocycles. The quantitative estimate of drug-likeness (QED) is 0.772. The van der Waals surface area contributed by atoms with Gasteiger partial charge in [-0.1, -0.05) is 12.1 Å². The van der Waals surface area contributed by atoms with Gasteiger partial charge in [-0.3, -0.25) is 9.59 Å². The van der Waals surface area contributed by atoms with Gasteiger partial charge in [-0.2, -0.15) is 0 Å². The number of amides is 2. The predicted octanol–water partition coefficient (Wildman–Crippen LogP) is 4.20. The number of carbonyl (C=O) groups is 2. The summed E-state index contributed by atoms with van der Waals surface area (Å²) in [6.07, 6.45) is 1.96. The van der Waals surface area contributed by atoms with Crippen molar-refractivity contribution < 1.29 is 14.3 Å². The molecule has 0 bridgehead atoms. The summed E-state index contributed by atoms with van der Waals surface area (Å²) in [5, 5.41) is 5.73. The maximum Gasteiger partial charge on any atom is 0.259 e. The lowest BCUT2D eigenvalue weighted by Crippen LogP contribution is -2.40. The van der Waals surface area contributed by atoms with E-state index in [0.717, 1.165) is 4.90 Å². The normalized spacial score (nSPS) is 11.0. The van der Waals surface area contributed by atoms with Crippen LogP contribution in [0.2, 0.25) is 0 Å². The van der Waals surface area contributed by atoms with Crippen LogP contribution in [0.25, 0.3) is 0 Å². The highest BCUT2D eigenvalue weighted by atomic mass is 32.2. The lowest BCUT2D eigenvalue weighted by atomic mass is 10.1. The van der Waals surface area contributed by atoms with Crippen LogP contribution in [-0.4, -0.2) is 30.7 Å². The van der Waals surface area contributed by atoms with Crippen LogP contribution in [0, 0.1) is 0 Å². The SMILES string of the molecule is COc1cc(SC)ccc1C(=O)Nc1ccccc1C(=O)NC(C)(C)C. The Bertz CT molecular complexity index is 813. The van der Waals surface area contributed by atoms with Crippen molar-refractivity contribution >= 4 is 29.3 Å². The Morgan fingerprint density at radius 2 is 1.69 bits per heavy atom. The number of nitrogens with one attached hydrogen (secondary N) is 2. The van der Waals surface area contributed by atoms with Gasteiger partial charge in [0.25, 0.3) is 11.8 Å². The number of benzene rings is 2. The molecule has 0 heterocycles. The number of ether oxygens (including phenoxy) is 1. The number of carbonyl (C=O) groups excluding carboxylic acids is 2. The molecule has 0 aliphatic rings. The summed E-state index contributed by atoms with van der Waals surface area (Å²) < 4.78 is 5.34. The van der Waals surface area contributed by atoms with Crippen LogP contribution >= 0.6 is 11.8 Å². The van der Waals surface area contributed by atoms with Gasteiger partial charge in [0.15, 0.2) is 0 Å². The Morgan fingerprint density at radius 1 is 1.00 bits per heavy atom. The summed E-state index contributed by atoms with van der Waals surface area (Å²) in [4.78, 5) is 26.2. The standard InChI is InChI=1S/C20H24N2O3S/c1-20(2,3)22-19(24)14-8-6-7-9-16(14)21-18(23)15-11-10-13(26-5)12-17(15)25-4/h6-12H,1-5H3,(H,21,23)(H,22,24). The number of rotatable bonds is 5. The molecule has 2 amide bonds. The van der Waals surface area contributed by atoms with Crippen molar-refractivity contribution in [2.75, 3.05) is 18.7 Å². The van der Waals surface area contributed by atoms with Gasteiger partial charge >= 0.3 is 0 Å². The molecule has 2 aromatic carbocycles. The zero-order chi connectivity index (χ0) is 19.3. The van der Waals surface area contributed by atoms with Crippen LogP contribution in [0.5, 0.6) is 5.75 Å². The molecule has 0 radical (unpaired) electrons. The topological polar surface area (TPSA) is 67.4 Å². The maximum absolute atomic E-state index is 12.7. The zero-order valence-electron chi connectivity index (χ0n) is 15.7. The molecule has 26 heavy (non-hydrogen) atoms. The van der Waals surface area contributed by atoms with Crippen molar-refractivity contribution in [2.45, 2.75) is 31.2 Å². The third-order valence-electron chi connectivity index (χ3n) is 3.56. The second-order valence-electron chi connectivity index (χ2n) is 6.77. The first kappa shape index (κ1) is 19.8. The van der Waals surface area contributed by atoms with E-state index in [1.54, 1.807) is 42.1 Å². The van der Waals surface area contributed by atoms with Crippen molar-refractivity contribution in [1.82, 2.24) is 5.32 Å². The van der Waals surface area contributed by atoms with E-state index in [-0.39, 0.29) is 17.4 Å². The lowest BCUT2D eigenvalue weighted by Gasteiger charge is -2.21. The molecule has 0 aromatic heterocycles. The Morgan fingerprint density at radius 3 is 2.31 bits per heavy atom. The van der Waals surface area contributed by atoms with Gasteiger partial charge in [-0.15, -0.1) is 11.8 Å². The van der Waals surface area contributed by atoms with Gasteiger partial charge in [0.05, 0.1) is 23.9 Å². The summed E-state index contributed by atoms with van der Waals surface area (Å²) >= 11 is 1.57. The summed E-state index contributed by atoms with van der Waals surface area (Å²) in [6, 6.07) is 12.3. The number of hydrogen-bond acceptors (Lipinski definition) is 4. The van der Waals surface area contributed by atoms with E-state index in [1.165, 1.54) is 7.11 Å². The van der Waals surface area contributed by atoms with Crippen molar-refractivity contribution in [3.8, 4) is 5.75 Å². The predicted molar refractivity (Wildman–Crippen MR) is 106 cm³/mol. The van der Waals surface area contributed by atoms with Gasteiger partial charge in [-0.25, -0.2) is 0 Å². The fraction of sp³-hybridized carbons (Fsp3) is 0.300. The van der Waals surface area contributed by atoms with Crippen molar-refractivity contribution in [1.29, 1.82) is 0 Å². The van der Waals surface area contributed by atoms with E-state index in [1.807, 2.05) is 39.2 Å². The van der Waals surface area contributed by atoms with Gasteiger partial charge in [-0.05, 0) is 57.4 Å². The second-order valence-corrected chi connectivity index (χ2v) is 7.65. The zero-order valence-corrected chi connectivity index (χ0v) is 16.5. The molecular weight excluding hydrogens is 348 g/mol. The minimum Gasteiger partial charge on any atom is -0.496 e. The fourth-order valence-electron chi connectivity index (χ4n) is 2.37. The Balaban J connectivity index is 2.29. The van der Waals surface area contributed by atoms with Crippen molar-refractivity contribution in [3.05, 3.63) is 53.6 Å². The largest absolute Gasteiger partial charge is 0.496 e. The molecule has 138 valence electrons. The molecule has 2 N–H and O–H groups in total. The van der Waals surface area contributed by atoms with E-state index in [2.05, 4.69) is 10.6 Å². The molecule has 0 fully saturated rings. The van der Waals surface area contributed by atoms with Gasteiger partial charge in [0, 0.05) is 10.4 Å². The molecule has 6 heteroatoms. The lowest BCUT2D eigenvalue weighted by molar-refractivity contribution is 0.0920. The van der Waals surface area contributed by atoms with E-state index < -0.39 is 0 Å². The van der Waals surface area contributed by atoms with E-state index in [9.17, 15) is 9.59 Å². The number of anilines is 1. The number of thioether (sulfide) groups is 1. The Hall–Kier alpha value is -2.47. The van der Waals surface area contributed by atoms with Gasteiger partial charge < -0.3 is 15.4 Å². The first-order chi connectivity index (χ1) is 12.2. The molecule has 0 saturated carbocycles. The highest BCUT2D eigenvalue weighted by Crippen LogP contribution is 2.26. The molecule has 5 nitrogen and oxygen atoms in total. The van der Waals surface area contributed by atoms with Crippen LogP contribution in [0.15, 0.2) is 47.4 Å². The van der Waals surface area contributed by atoms with Gasteiger partial charge in [0.2, 0.25) is 0 Å². The molecular formula is C20H24N2O3S. The number of para-hydroxylation sites is 1. The maximum atomic E-state index is 12.7. The second kappa shape index (κ2) is 8.27. The fourth-order valence-corrected chi connectivity index (χ4v) is 2.80. The van der Waals surface area contributed by atoms with Crippen LogP contribution in [0.1, 0.15) is 41.5 Å². The average molecular weight is 372 g/mol. The molecule has 0 spiro atoms. The minimum absolute atomic E-state index is 0.238. The van der Waals surface area contributed by atoms with Crippen LogP contribution < -0.4 is 15.4 Å². The smallest absolute Gasteiger partial charge is 0.259 e. The molecule has 0 saturated heterocycles. The summed E-state index contributed by atoms with van der Waals surface area (Å²) in [7, 11) is 1.53. The first-order valence-electron chi connectivity index (χ1n) is 8.20. The van der Waals surface area contributed by atoms with Gasteiger partial charge in [0.1, 0.15) is 5.75 Å². The number of methoxy groups -OCH3 is 1. The van der Waals surface area contributed by atoms with E-state index in [0.29, 0.717) is 22.6 Å². The molecule has 2 aromatic rings.